The van der Waals surface area contributed by atoms with E-state index in [1.54, 1.807) is 6.08 Å². The van der Waals surface area contributed by atoms with E-state index in [4.69, 9.17) is 10.5 Å². The summed E-state index contributed by atoms with van der Waals surface area (Å²) in [7, 11) is 1.28. The molecule has 0 radical (unpaired) electrons. The number of hydrogen-bond acceptors (Lipinski definition) is 6. The van der Waals surface area contributed by atoms with Crippen molar-refractivity contribution in [2.75, 3.05) is 7.11 Å². The number of esters is 1. The van der Waals surface area contributed by atoms with Gasteiger partial charge >= 0.3 is 5.97 Å². The molecule has 0 amide bonds. The van der Waals surface area contributed by atoms with Gasteiger partial charge in [0.2, 0.25) is 0 Å². The van der Waals surface area contributed by atoms with Gasteiger partial charge in [-0.15, -0.1) is 11.3 Å². The molecule has 30 heavy (non-hydrogen) atoms. The van der Waals surface area contributed by atoms with Crippen molar-refractivity contribution in [2.45, 2.75) is 5.92 Å². The predicted molar refractivity (Wildman–Crippen MR) is 115 cm³/mol. The molecule has 1 aliphatic rings. The number of methoxy groups -OCH3 is 1. The zero-order valence-corrected chi connectivity index (χ0v) is 16.8. The molecule has 3 aromatic rings. The first-order valence-corrected chi connectivity index (χ1v) is 9.94. The number of nitrogens with two attached hydrogens (primary N) is 1. The number of aromatic nitrogens is 1. The van der Waals surface area contributed by atoms with Gasteiger partial charge in [0.15, 0.2) is 0 Å². The third-order valence-corrected chi connectivity index (χ3v) is 6.01. The number of rotatable bonds is 3. The highest BCUT2D eigenvalue weighted by Gasteiger charge is 2.35. The number of nitrogens with zero attached hydrogens (tertiary/aromatic N) is 2. The summed E-state index contributed by atoms with van der Waals surface area (Å²) in [5.74, 6) is -1.29. The number of fused-ring (bicyclic) bond motifs is 1. The van der Waals surface area contributed by atoms with Crippen LogP contribution < -0.4 is 20.5 Å². The Morgan fingerprint density at radius 1 is 1.17 bits per heavy atom. The smallest absolute Gasteiger partial charge is 0.337 e. The zero-order valence-electron chi connectivity index (χ0n) is 16.0. The van der Waals surface area contributed by atoms with Crippen LogP contribution in [-0.4, -0.2) is 17.6 Å². The van der Waals surface area contributed by atoms with Gasteiger partial charge in [-0.05, 0) is 17.2 Å². The van der Waals surface area contributed by atoms with Crippen LogP contribution in [0.2, 0.25) is 0 Å². The van der Waals surface area contributed by atoms with Gasteiger partial charge in [0.25, 0.3) is 5.56 Å². The molecule has 0 bridgehead atoms. The lowest BCUT2D eigenvalue weighted by atomic mass is 9.84. The van der Waals surface area contributed by atoms with E-state index in [1.807, 2.05) is 60.7 Å². The largest absolute Gasteiger partial charge is 0.466 e. The highest BCUT2D eigenvalue weighted by atomic mass is 32.1. The minimum Gasteiger partial charge on any atom is -0.466 e. The number of allylic oxidation sites excluding steroid dienone is 1. The van der Waals surface area contributed by atoms with Crippen molar-refractivity contribution < 1.29 is 9.53 Å². The van der Waals surface area contributed by atoms with Crippen molar-refractivity contribution in [1.82, 2.24) is 4.57 Å². The van der Waals surface area contributed by atoms with Crippen LogP contribution in [0, 0.1) is 11.3 Å². The van der Waals surface area contributed by atoms with Crippen LogP contribution in [0.5, 0.6) is 0 Å². The Kier molecular flexibility index (Phi) is 5.09. The zero-order chi connectivity index (χ0) is 21.3. The lowest BCUT2D eigenvalue weighted by molar-refractivity contribution is -0.134. The third-order valence-electron chi connectivity index (χ3n) is 4.90. The number of benzene rings is 2. The molecule has 1 atom stereocenters. The van der Waals surface area contributed by atoms with Crippen molar-refractivity contribution in [2.24, 2.45) is 5.73 Å². The normalized spacial score (nSPS) is 16.2. The topological polar surface area (TPSA) is 98.1 Å². The van der Waals surface area contributed by atoms with Crippen LogP contribution in [0.25, 0.3) is 17.5 Å². The van der Waals surface area contributed by atoms with Crippen LogP contribution in [0.15, 0.2) is 71.0 Å². The number of thiazole rings is 1. The van der Waals surface area contributed by atoms with E-state index in [2.05, 4.69) is 6.07 Å². The Balaban J connectivity index is 2.12. The lowest BCUT2D eigenvalue weighted by Crippen LogP contribution is -2.40. The first-order valence-electron chi connectivity index (χ1n) is 9.13. The molecule has 0 spiro atoms. The quantitative estimate of drug-likeness (QED) is 0.654. The maximum Gasteiger partial charge on any atom is 0.337 e. The molecule has 1 aliphatic heterocycles. The molecule has 2 N–H and O–H groups in total. The Bertz CT molecular complexity index is 1380. The van der Waals surface area contributed by atoms with Crippen LogP contribution in [0.3, 0.4) is 0 Å². The Labute approximate surface area is 176 Å². The first-order chi connectivity index (χ1) is 14.6. The second-order valence-electron chi connectivity index (χ2n) is 6.63. The SMILES string of the molecule is COC(=O)C1=c2s/c(=C\c3ccccc3)c(=O)n2C(N)=C(C#N)C1c1ccccc1. The monoisotopic (exact) mass is 415 g/mol. The third kappa shape index (κ3) is 3.13. The second kappa shape index (κ2) is 7.85. The van der Waals surface area contributed by atoms with E-state index in [0.717, 1.165) is 22.5 Å². The summed E-state index contributed by atoms with van der Waals surface area (Å²) in [6.45, 7) is 0. The van der Waals surface area contributed by atoms with Gasteiger partial charge in [-0.1, -0.05) is 60.7 Å². The molecule has 4 rings (SSSR count). The summed E-state index contributed by atoms with van der Waals surface area (Å²) in [5.41, 5.74) is 7.84. The number of nitriles is 1. The molecule has 1 aromatic heterocycles. The van der Waals surface area contributed by atoms with Crippen molar-refractivity contribution in [3.8, 4) is 6.07 Å². The minimum atomic E-state index is -0.716. The minimum absolute atomic E-state index is 0.0305. The van der Waals surface area contributed by atoms with E-state index in [1.165, 1.54) is 11.7 Å². The van der Waals surface area contributed by atoms with Gasteiger partial charge in [0, 0.05) is 0 Å². The summed E-state index contributed by atoms with van der Waals surface area (Å²) in [6, 6.07) is 20.6. The van der Waals surface area contributed by atoms with E-state index in [-0.39, 0.29) is 22.5 Å². The van der Waals surface area contributed by atoms with Crippen molar-refractivity contribution >= 4 is 34.8 Å². The molecule has 0 aliphatic carbocycles. The van der Waals surface area contributed by atoms with Crippen molar-refractivity contribution in [1.29, 1.82) is 5.26 Å². The second-order valence-corrected chi connectivity index (χ2v) is 7.66. The molecule has 0 fully saturated rings. The molecule has 1 unspecified atom stereocenters. The molecular formula is C23H17N3O3S. The summed E-state index contributed by atoms with van der Waals surface area (Å²) in [4.78, 5) is 26.0. The van der Waals surface area contributed by atoms with Crippen LogP contribution >= 0.6 is 11.3 Å². The van der Waals surface area contributed by atoms with Gasteiger partial charge in [-0.3, -0.25) is 9.36 Å². The van der Waals surface area contributed by atoms with Gasteiger partial charge in [0.05, 0.1) is 34.8 Å². The number of hydrogen-bond donors (Lipinski definition) is 1. The molecule has 0 saturated carbocycles. The molecule has 2 aromatic carbocycles. The highest BCUT2D eigenvalue weighted by molar-refractivity contribution is 7.07. The molecular weight excluding hydrogens is 398 g/mol. The number of carbonyl (C=O) groups excluding carboxylic acids is 1. The maximum absolute atomic E-state index is 13.1. The number of carbonyl (C=O) groups is 1. The summed E-state index contributed by atoms with van der Waals surface area (Å²) in [5, 5.41) is 9.85. The Morgan fingerprint density at radius 2 is 1.80 bits per heavy atom. The Morgan fingerprint density at radius 3 is 2.40 bits per heavy atom. The van der Waals surface area contributed by atoms with Crippen molar-refractivity contribution in [3.05, 3.63) is 96.9 Å². The van der Waals surface area contributed by atoms with Crippen LogP contribution in [0.4, 0.5) is 0 Å². The van der Waals surface area contributed by atoms with Gasteiger partial charge in [-0.2, -0.15) is 5.26 Å². The fourth-order valence-electron chi connectivity index (χ4n) is 3.53. The summed E-state index contributed by atoms with van der Waals surface area (Å²) >= 11 is 1.16. The van der Waals surface area contributed by atoms with Crippen molar-refractivity contribution in [3.63, 3.8) is 0 Å². The number of ether oxygens (including phenoxy) is 1. The van der Waals surface area contributed by atoms with E-state index < -0.39 is 11.9 Å². The molecule has 2 heterocycles. The predicted octanol–water partition coefficient (Wildman–Crippen LogP) is 1.51. The fourth-order valence-corrected chi connectivity index (χ4v) is 4.70. The lowest BCUT2D eigenvalue weighted by Gasteiger charge is -2.24. The van der Waals surface area contributed by atoms with Crippen LogP contribution in [0.1, 0.15) is 17.0 Å². The average Bonchev–Trinajstić information content (AvgIpc) is 3.10. The first kappa shape index (κ1) is 19.4. The fraction of sp³-hybridized carbons (Fsp3) is 0.0870. The van der Waals surface area contributed by atoms with E-state index >= 15 is 0 Å². The van der Waals surface area contributed by atoms with Gasteiger partial charge < -0.3 is 10.5 Å². The molecule has 6 nitrogen and oxygen atoms in total. The Hall–Kier alpha value is -3.89. The summed E-state index contributed by atoms with van der Waals surface area (Å²) < 4.78 is 7.05. The van der Waals surface area contributed by atoms with E-state index in [0.29, 0.717) is 9.20 Å². The summed E-state index contributed by atoms with van der Waals surface area (Å²) in [6.07, 6.45) is 1.74. The maximum atomic E-state index is 13.1. The molecule has 148 valence electrons. The van der Waals surface area contributed by atoms with Gasteiger partial charge in [0.1, 0.15) is 10.5 Å². The standard InChI is InChI=1S/C23H17N3O3S/c1-29-23(28)19-18(15-10-6-3-7-11-15)16(13-24)20(25)26-21(27)17(30-22(19)26)12-14-8-4-2-5-9-14/h2-12,18H,25H2,1H3/b17-12-. The van der Waals surface area contributed by atoms with Crippen LogP contribution in [-0.2, 0) is 9.53 Å². The van der Waals surface area contributed by atoms with Gasteiger partial charge in [-0.25, -0.2) is 4.79 Å². The average molecular weight is 415 g/mol. The van der Waals surface area contributed by atoms with E-state index in [9.17, 15) is 14.9 Å². The molecule has 7 heteroatoms. The highest BCUT2D eigenvalue weighted by Crippen LogP contribution is 2.36. The molecule has 0 saturated heterocycles.